The van der Waals surface area contributed by atoms with Crippen LogP contribution in [0, 0.1) is 11.7 Å². The average molecular weight is 288 g/mol. The number of benzene rings is 1. The summed E-state index contributed by atoms with van der Waals surface area (Å²) in [6.07, 6.45) is 0.477. The van der Waals surface area contributed by atoms with Gasteiger partial charge in [-0.05, 0) is 30.2 Å². The van der Waals surface area contributed by atoms with Crippen molar-refractivity contribution in [3.63, 3.8) is 0 Å². The van der Waals surface area contributed by atoms with Crippen molar-refractivity contribution in [3.05, 3.63) is 30.1 Å². The van der Waals surface area contributed by atoms with Gasteiger partial charge >= 0.3 is 0 Å². The Balaban J connectivity index is 3.00. The lowest BCUT2D eigenvalue weighted by atomic mass is 10.0. The summed E-state index contributed by atoms with van der Waals surface area (Å²) >= 11 is 0. The van der Waals surface area contributed by atoms with Gasteiger partial charge in [0.25, 0.3) is 0 Å². The molecule has 19 heavy (non-hydrogen) atoms. The molecule has 0 aliphatic rings. The molecular formula is C12H15FNO4S-. The highest BCUT2D eigenvalue weighted by Crippen LogP contribution is 2.14. The van der Waals surface area contributed by atoms with Crippen LogP contribution in [0.25, 0.3) is 0 Å². The smallest absolute Gasteiger partial charge is 0.241 e. The van der Waals surface area contributed by atoms with E-state index in [4.69, 9.17) is 0 Å². The van der Waals surface area contributed by atoms with E-state index in [9.17, 15) is 22.7 Å². The molecule has 0 aromatic heterocycles. The van der Waals surface area contributed by atoms with Gasteiger partial charge in [-0.25, -0.2) is 17.5 Å². The molecule has 0 bridgehead atoms. The molecule has 106 valence electrons. The molecule has 0 saturated carbocycles. The van der Waals surface area contributed by atoms with Crippen molar-refractivity contribution in [1.82, 2.24) is 4.72 Å². The molecule has 2 atom stereocenters. The number of sulfonamides is 1. The van der Waals surface area contributed by atoms with Crippen molar-refractivity contribution < 1.29 is 22.7 Å². The van der Waals surface area contributed by atoms with Crippen LogP contribution in [-0.2, 0) is 14.8 Å². The molecule has 0 aliphatic heterocycles. The largest absolute Gasteiger partial charge is 0.548 e. The fourth-order valence-electron chi connectivity index (χ4n) is 1.48. The van der Waals surface area contributed by atoms with Gasteiger partial charge in [0.2, 0.25) is 10.0 Å². The monoisotopic (exact) mass is 288 g/mol. The first-order chi connectivity index (χ1) is 8.77. The summed E-state index contributed by atoms with van der Waals surface area (Å²) in [7, 11) is -4.01. The summed E-state index contributed by atoms with van der Waals surface area (Å²) in [6.45, 7) is 3.35. The average Bonchev–Trinajstić information content (AvgIpc) is 2.35. The van der Waals surface area contributed by atoms with Crippen LogP contribution >= 0.6 is 0 Å². The fraction of sp³-hybridized carbons (Fsp3) is 0.417. The van der Waals surface area contributed by atoms with Gasteiger partial charge in [0, 0.05) is 0 Å². The van der Waals surface area contributed by atoms with Crippen LogP contribution < -0.4 is 9.83 Å². The van der Waals surface area contributed by atoms with Gasteiger partial charge in [-0.1, -0.05) is 20.3 Å². The fourth-order valence-corrected chi connectivity index (χ4v) is 2.77. The predicted molar refractivity (Wildman–Crippen MR) is 65.0 cm³/mol. The highest BCUT2D eigenvalue weighted by Gasteiger charge is 2.24. The zero-order chi connectivity index (χ0) is 14.6. The molecule has 0 fully saturated rings. The first kappa shape index (κ1) is 15.6. The Morgan fingerprint density at radius 1 is 1.37 bits per heavy atom. The number of hydrogen-bond acceptors (Lipinski definition) is 4. The lowest BCUT2D eigenvalue weighted by Crippen LogP contribution is -2.51. The molecule has 1 N–H and O–H groups in total. The van der Waals surface area contributed by atoms with Gasteiger partial charge in [-0.15, -0.1) is 0 Å². The molecule has 1 aromatic carbocycles. The van der Waals surface area contributed by atoms with E-state index in [1.807, 2.05) is 0 Å². The Kier molecular flexibility index (Phi) is 5.02. The van der Waals surface area contributed by atoms with Crippen LogP contribution in [0.3, 0.4) is 0 Å². The van der Waals surface area contributed by atoms with Gasteiger partial charge in [0.05, 0.1) is 16.9 Å². The van der Waals surface area contributed by atoms with Crippen LogP contribution in [-0.4, -0.2) is 20.4 Å². The van der Waals surface area contributed by atoms with E-state index < -0.39 is 33.8 Å². The van der Waals surface area contributed by atoms with Crippen LogP contribution in [0.1, 0.15) is 20.3 Å². The quantitative estimate of drug-likeness (QED) is 0.814. The molecule has 0 saturated heterocycles. The molecule has 0 radical (unpaired) electrons. The summed E-state index contributed by atoms with van der Waals surface area (Å²) in [5, 5.41) is 11.0. The maximum absolute atomic E-state index is 12.7. The number of aliphatic carboxylic acids is 1. The third-order valence-electron chi connectivity index (χ3n) is 2.87. The van der Waals surface area contributed by atoms with Crippen molar-refractivity contribution in [3.8, 4) is 0 Å². The lowest BCUT2D eigenvalue weighted by Gasteiger charge is -2.24. The number of rotatable bonds is 6. The van der Waals surface area contributed by atoms with Crippen molar-refractivity contribution in [2.24, 2.45) is 5.92 Å². The van der Waals surface area contributed by atoms with E-state index in [1.54, 1.807) is 13.8 Å². The SMILES string of the molecule is CC[C@H](C)[C@@H](NS(=O)(=O)c1ccc(F)cc1)C(=O)[O-]. The van der Waals surface area contributed by atoms with E-state index in [-0.39, 0.29) is 4.90 Å². The molecule has 0 unspecified atom stereocenters. The molecular weight excluding hydrogens is 273 g/mol. The molecule has 1 rings (SSSR count). The number of hydrogen-bond donors (Lipinski definition) is 1. The minimum absolute atomic E-state index is 0.191. The van der Waals surface area contributed by atoms with Gasteiger partial charge in [-0.2, -0.15) is 0 Å². The van der Waals surface area contributed by atoms with E-state index in [0.717, 1.165) is 24.3 Å². The second-order valence-corrected chi connectivity index (χ2v) is 5.97. The Hall–Kier alpha value is -1.47. The van der Waals surface area contributed by atoms with E-state index >= 15 is 0 Å². The molecule has 0 spiro atoms. The first-order valence-electron chi connectivity index (χ1n) is 5.76. The molecule has 1 aromatic rings. The maximum atomic E-state index is 12.7. The lowest BCUT2D eigenvalue weighted by molar-refractivity contribution is -0.309. The first-order valence-corrected chi connectivity index (χ1v) is 7.25. The predicted octanol–water partition coefficient (Wildman–Crippen LogP) is 0.269. The van der Waals surface area contributed by atoms with Gasteiger partial charge in [-0.3, -0.25) is 0 Å². The zero-order valence-corrected chi connectivity index (χ0v) is 11.4. The van der Waals surface area contributed by atoms with Crippen molar-refractivity contribution >= 4 is 16.0 Å². The molecule has 7 heteroatoms. The van der Waals surface area contributed by atoms with Crippen molar-refractivity contribution in [1.29, 1.82) is 0 Å². The molecule has 0 aliphatic carbocycles. The normalized spacial score (nSPS) is 14.9. The topological polar surface area (TPSA) is 86.3 Å². The number of carbonyl (C=O) groups is 1. The van der Waals surface area contributed by atoms with Crippen LogP contribution in [0.4, 0.5) is 4.39 Å². The zero-order valence-electron chi connectivity index (χ0n) is 10.6. The standard InChI is InChI=1S/C12H16FNO4S/c1-3-8(2)11(12(15)16)14-19(17,18)10-6-4-9(13)5-7-10/h4-8,11,14H,3H2,1-2H3,(H,15,16)/p-1/t8-,11+/m0/s1. The van der Waals surface area contributed by atoms with E-state index in [1.165, 1.54) is 0 Å². The summed E-state index contributed by atoms with van der Waals surface area (Å²) in [6, 6.07) is 2.80. The summed E-state index contributed by atoms with van der Waals surface area (Å²) < 4.78 is 38.7. The Labute approximate surface area is 111 Å². The minimum atomic E-state index is -4.01. The molecule has 5 nitrogen and oxygen atoms in total. The van der Waals surface area contributed by atoms with Gasteiger partial charge in [0.1, 0.15) is 5.82 Å². The third kappa shape index (κ3) is 4.00. The number of carboxylic acids is 1. The van der Waals surface area contributed by atoms with Crippen LogP contribution in [0.2, 0.25) is 0 Å². The van der Waals surface area contributed by atoms with Gasteiger partial charge < -0.3 is 9.90 Å². The van der Waals surface area contributed by atoms with Crippen molar-refractivity contribution in [2.75, 3.05) is 0 Å². The Bertz CT molecular complexity index is 541. The minimum Gasteiger partial charge on any atom is -0.548 e. The van der Waals surface area contributed by atoms with Gasteiger partial charge in [0.15, 0.2) is 0 Å². The number of carbonyl (C=O) groups excluding carboxylic acids is 1. The van der Waals surface area contributed by atoms with Crippen LogP contribution in [0.5, 0.6) is 0 Å². The van der Waals surface area contributed by atoms with E-state index in [0.29, 0.717) is 6.42 Å². The number of carboxylic acid groups (broad SMARTS) is 1. The van der Waals surface area contributed by atoms with E-state index in [2.05, 4.69) is 4.72 Å². The second-order valence-electron chi connectivity index (χ2n) is 4.26. The highest BCUT2D eigenvalue weighted by atomic mass is 32.2. The Morgan fingerprint density at radius 3 is 2.32 bits per heavy atom. The highest BCUT2D eigenvalue weighted by molar-refractivity contribution is 7.89. The van der Waals surface area contributed by atoms with Crippen LogP contribution in [0.15, 0.2) is 29.2 Å². The molecule has 0 amide bonds. The third-order valence-corrected chi connectivity index (χ3v) is 4.33. The number of halogens is 1. The summed E-state index contributed by atoms with van der Waals surface area (Å²) in [5.74, 6) is -2.47. The maximum Gasteiger partial charge on any atom is 0.241 e. The number of nitrogens with one attached hydrogen (secondary N) is 1. The summed E-state index contributed by atoms with van der Waals surface area (Å²) in [5.41, 5.74) is 0. The molecule has 0 heterocycles. The summed E-state index contributed by atoms with van der Waals surface area (Å²) in [4.78, 5) is 10.8. The van der Waals surface area contributed by atoms with Crippen molar-refractivity contribution in [2.45, 2.75) is 31.2 Å². The second kappa shape index (κ2) is 6.12. The Morgan fingerprint density at radius 2 is 1.89 bits per heavy atom.